The summed E-state index contributed by atoms with van der Waals surface area (Å²) in [7, 11) is 0. The maximum absolute atomic E-state index is 13.0. The van der Waals surface area contributed by atoms with E-state index >= 15 is 0 Å². The second-order valence-electron chi connectivity index (χ2n) is 9.19. The lowest BCUT2D eigenvalue weighted by atomic mass is 9.92. The molecule has 1 N–H and O–H groups in total. The quantitative estimate of drug-likeness (QED) is 0.441. The van der Waals surface area contributed by atoms with Crippen molar-refractivity contribution in [1.29, 1.82) is 0 Å². The number of hydrogen-bond donors (Lipinski definition) is 1. The van der Waals surface area contributed by atoms with Crippen molar-refractivity contribution in [3.63, 3.8) is 0 Å². The molecule has 0 aliphatic carbocycles. The summed E-state index contributed by atoms with van der Waals surface area (Å²) in [5.74, 6) is 0.158. The van der Waals surface area contributed by atoms with Gasteiger partial charge in [0.15, 0.2) is 0 Å². The minimum Gasteiger partial charge on any atom is -0.329 e. The molecule has 3 aromatic rings. The van der Waals surface area contributed by atoms with Crippen molar-refractivity contribution in [1.82, 2.24) is 14.7 Å². The molecule has 0 unspecified atom stereocenters. The van der Waals surface area contributed by atoms with Gasteiger partial charge in [0.05, 0.1) is 11.4 Å². The number of anilines is 1. The van der Waals surface area contributed by atoms with Crippen LogP contribution in [0.4, 0.5) is 5.82 Å². The highest BCUT2D eigenvalue weighted by Crippen LogP contribution is 2.26. The number of benzene rings is 2. The molecule has 3 rings (SSSR count). The molecule has 0 bridgehead atoms. The largest absolute Gasteiger partial charge is 0.329 e. The number of amides is 2. The number of rotatable bonds is 7. The highest BCUT2D eigenvalue weighted by atomic mass is 79.9. The zero-order chi connectivity index (χ0) is 24.2. The van der Waals surface area contributed by atoms with Crippen molar-refractivity contribution < 1.29 is 9.59 Å². The molecular formula is C26H31BrN4O2. The first kappa shape index (κ1) is 24.7. The minimum atomic E-state index is -0.261. The van der Waals surface area contributed by atoms with Crippen molar-refractivity contribution >= 4 is 33.6 Å². The van der Waals surface area contributed by atoms with Crippen LogP contribution in [-0.2, 0) is 10.2 Å². The molecule has 33 heavy (non-hydrogen) atoms. The Morgan fingerprint density at radius 3 is 2.27 bits per heavy atom. The average molecular weight is 511 g/mol. The van der Waals surface area contributed by atoms with Gasteiger partial charge < -0.3 is 10.2 Å². The van der Waals surface area contributed by atoms with Crippen LogP contribution in [0.25, 0.3) is 5.69 Å². The van der Waals surface area contributed by atoms with Gasteiger partial charge >= 0.3 is 0 Å². The monoisotopic (exact) mass is 510 g/mol. The number of hydrogen-bond acceptors (Lipinski definition) is 3. The van der Waals surface area contributed by atoms with Crippen LogP contribution in [0.5, 0.6) is 0 Å². The molecule has 0 atom stereocenters. The molecule has 1 aromatic heterocycles. The molecule has 0 saturated heterocycles. The molecule has 0 aliphatic heterocycles. The third-order valence-electron chi connectivity index (χ3n) is 5.23. The van der Waals surface area contributed by atoms with E-state index in [0.717, 1.165) is 27.8 Å². The third-order valence-corrected chi connectivity index (χ3v) is 5.76. The van der Waals surface area contributed by atoms with Crippen LogP contribution in [0, 0.1) is 6.92 Å². The predicted molar refractivity (Wildman–Crippen MR) is 136 cm³/mol. The zero-order valence-corrected chi connectivity index (χ0v) is 21.4. The Kier molecular flexibility index (Phi) is 7.74. The van der Waals surface area contributed by atoms with Gasteiger partial charge in [-0.3, -0.25) is 9.59 Å². The fourth-order valence-electron chi connectivity index (χ4n) is 3.37. The molecule has 0 saturated carbocycles. The molecular weight excluding hydrogens is 480 g/mol. The van der Waals surface area contributed by atoms with Crippen molar-refractivity contribution in [3.8, 4) is 5.69 Å². The summed E-state index contributed by atoms with van der Waals surface area (Å²) in [6, 6.07) is 17.0. The highest BCUT2D eigenvalue weighted by molar-refractivity contribution is 9.10. The van der Waals surface area contributed by atoms with E-state index in [1.54, 1.807) is 21.7 Å². The van der Waals surface area contributed by atoms with E-state index in [1.165, 1.54) is 0 Å². The van der Waals surface area contributed by atoms with Gasteiger partial charge in [-0.05, 0) is 49.7 Å². The maximum Gasteiger partial charge on any atom is 0.254 e. The van der Waals surface area contributed by atoms with Crippen LogP contribution in [0.2, 0.25) is 0 Å². The van der Waals surface area contributed by atoms with Gasteiger partial charge in [-0.25, -0.2) is 4.68 Å². The summed E-state index contributed by atoms with van der Waals surface area (Å²) in [6.45, 7) is 10.7. The SMILES string of the molecule is CCCN(CC(=O)Nc1cc(C(C)(C)C)nn1-c1ccc(C)cc1)C(=O)c1ccc(Br)cc1. The van der Waals surface area contributed by atoms with Crippen LogP contribution < -0.4 is 5.32 Å². The Balaban J connectivity index is 1.84. The summed E-state index contributed by atoms with van der Waals surface area (Å²) in [4.78, 5) is 27.6. The fourth-order valence-corrected chi connectivity index (χ4v) is 3.64. The third kappa shape index (κ3) is 6.32. The molecule has 0 radical (unpaired) electrons. The highest BCUT2D eigenvalue weighted by Gasteiger charge is 2.23. The lowest BCUT2D eigenvalue weighted by molar-refractivity contribution is -0.116. The molecule has 2 aromatic carbocycles. The van der Waals surface area contributed by atoms with Gasteiger partial charge in [0.1, 0.15) is 12.4 Å². The maximum atomic E-state index is 13.0. The first-order valence-corrected chi connectivity index (χ1v) is 11.9. The number of carbonyl (C=O) groups is 2. The van der Waals surface area contributed by atoms with E-state index in [2.05, 4.69) is 42.0 Å². The molecule has 0 aliphatic rings. The van der Waals surface area contributed by atoms with Crippen LogP contribution in [0.15, 0.2) is 59.1 Å². The normalized spacial score (nSPS) is 11.3. The van der Waals surface area contributed by atoms with Crippen LogP contribution in [0.3, 0.4) is 0 Å². The van der Waals surface area contributed by atoms with E-state index in [-0.39, 0.29) is 23.8 Å². The van der Waals surface area contributed by atoms with Crippen molar-refractivity contribution in [2.75, 3.05) is 18.4 Å². The van der Waals surface area contributed by atoms with Crippen LogP contribution in [0.1, 0.15) is 55.7 Å². The van der Waals surface area contributed by atoms with Crippen molar-refractivity contribution in [3.05, 3.63) is 75.9 Å². The Labute approximate surface area is 204 Å². The molecule has 1 heterocycles. The molecule has 174 valence electrons. The van der Waals surface area contributed by atoms with Crippen molar-refractivity contribution in [2.45, 2.75) is 46.5 Å². The average Bonchev–Trinajstić information content (AvgIpc) is 3.18. The molecule has 2 amide bonds. The Bertz CT molecular complexity index is 1110. The summed E-state index contributed by atoms with van der Waals surface area (Å²) in [5.41, 5.74) is 3.26. The Morgan fingerprint density at radius 2 is 1.70 bits per heavy atom. The van der Waals surface area contributed by atoms with Crippen LogP contribution in [-0.4, -0.2) is 39.6 Å². The number of carbonyl (C=O) groups excluding carboxylic acids is 2. The fraction of sp³-hybridized carbons (Fsp3) is 0.346. The van der Waals surface area contributed by atoms with Gasteiger partial charge in [-0.15, -0.1) is 0 Å². The van der Waals surface area contributed by atoms with Crippen molar-refractivity contribution in [2.24, 2.45) is 0 Å². The second kappa shape index (κ2) is 10.3. The number of aromatic nitrogens is 2. The minimum absolute atomic E-state index is 0.0351. The first-order valence-electron chi connectivity index (χ1n) is 11.1. The van der Waals surface area contributed by atoms with Gasteiger partial charge in [0.25, 0.3) is 5.91 Å². The van der Waals surface area contributed by atoms with Gasteiger partial charge in [0.2, 0.25) is 5.91 Å². The van der Waals surface area contributed by atoms with Gasteiger partial charge in [-0.2, -0.15) is 5.10 Å². The molecule has 0 spiro atoms. The van der Waals surface area contributed by atoms with E-state index in [4.69, 9.17) is 5.10 Å². The lowest BCUT2D eigenvalue weighted by Gasteiger charge is -2.22. The van der Waals surface area contributed by atoms with E-state index in [0.29, 0.717) is 17.9 Å². The van der Waals surface area contributed by atoms with Gasteiger partial charge in [0, 0.05) is 28.1 Å². The molecule has 0 fully saturated rings. The molecule has 6 nitrogen and oxygen atoms in total. The van der Waals surface area contributed by atoms with E-state index in [1.807, 2.05) is 56.3 Å². The lowest BCUT2D eigenvalue weighted by Crippen LogP contribution is -2.38. The van der Waals surface area contributed by atoms with E-state index < -0.39 is 0 Å². The number of nitrogens with one attached hydrogen (secondary N) is 1. The van der Waals surface area contributed by atoms with E-state index in [9.17, 15) is 9.59 Å². The predicted octanol–water partition coefficient (Wildman–Crippen LogP) is 5.73. The number of nitrogens with zero attached hydrogens (tertiary/aromatic N) is 3. The second-order valence-corrected chi connectivity index (χ2v) is 10.1. The summed E-state index contributed by atoms with van der Waals surface area (Å²) < 4.78 is 2.65. The summed E-state index contributed by atoms with van der Waals surface area (Å²) >= 11 is 3.39. The number of halogens is 1. The first-order chi connectivity index (χ1) is 15.6. The van der Waals surface area contributed by atoms with Gasteiger partial charge in [-0.1, -0.05) is 61.3 Å². The standard InChI is InChI=1S/C26H31BrN4O2/c1-6-15-30(25(33)19-9-11-20(27)12-10-19)17-24(32)28-23-16-22(26(3,4)5)29-31(23)21-13-7-18(2)8-14-21/h7-14,16H,6,15,17H2,1-5H3,(H,28,32). The topological polar surface area (TPSA) is 67.2 Å². The Hall–Kier alpha value is -2.93. The number of aryl methyl sites for hydroxylation is 1. The summed E-state index contributed by atoms with van der Waals surface area (Å²) in [5, 5.41) is 7.74. The Morgan fingerprint density at radius 1 is 1.06 bits per heavy atom. The molecule has 7 heteroatoms. The smallest absolute Gasteiger partial charge is 0.254 e. The van der Waals surface area contributed by atoms with Crippen LogP contribution >= 0.6 is 15.9 Å². The summed E-state index contributed by atoms with van der Waals surface area (Å²) in [6.07, 6.45) is 0.755. The zero-order valence-electron chi connectivity index (χ0n) is 19.9.